The number of carbonyl (C=O) groups excluding carboxylic acids is 1. The standard InChI is InChI=1S/C23H18N2O/c1-17(26)22-21(18-11-5-2-6-12-18)24-23(19-13-7-3-8-14-19)25(22)20-15-9-4-10-16-20/h2-16H,1H3. The lowest BCUT2D eigenvalue weighted by Gasteiger charge is -2.11. The molecule has 0 atom stereocenters. The first-order valence-electron chi connectivity index (χ1n) is 8.55. The number of benzene rings is 3. The van der Waals surface area contributed by atoms with Gasteiger partial charge in [-0.25, -0.2) is 4.98 Å². The number of aromatic nitrogens is 2. The predicted octanol–water partition coefficient (Wildman–Crippen LogP) is 5.41. The molecule has 3 nitrogen and oxygen atoms in total. The smallest absolute Gasteiger partial charge is 0.178 e. The van der Waals surface area contributed by atoms with Crippen molar-refractivity contribution in [3.05, 3.63) is 96.7 Å². The molecule has 1 heterocycles. The fourth-order valence-electron chi connectivity index (χ4n) is 3.15. The summed E-state index contributed by atoms with van der Waals surface area (Å²) in [6.45, 7) is 1.59. The summed E-state index contributed by atoms with van der Waals surface area (Å²) in [5, 5.41) is 0. The summed E-state index contributed by atoms with van der Waals surface area (Å²) in [5.41, 5.74) is 4.14. The van der Waals surface area contributed by atoms with Crippen LogP contribution in [0.4, 0.5) is 0 Å². The lowest BCUT2D eigenvalue weighted by Crippen LogP contribution is -2.07. The van der Waals surface area contributed by atoms with Crippen molar-refractivity contribution in [3.8, 4) is 28.3 Å². The van der Waals surface area contributed by atoms with E-state index < -0.39 is 0 Å². The average Bonchev–Trinajstić information content (AvgIpc) is 3.11. The van der Waals surface area contributed by atoms with E-state index in [4.69, 9.17) is 4.98 Å². The Hall–Kier alpha value is -3.46. The van der Waals surface area contributed by atoms with Gasteiger partial charge in [-0.1, -0.05) is 78.9 Å². The first-order valence-corrected chi connectivity index (χ1v) is 8.55. The van der Waals surface area contributed by atoms with E-state index in [1.54, 1.807) is 6.92 Å². The lowest BCUT2D eigenvalue weighted by molar-refractivity contribution is 0.101. The van der Waals surface area contributed by atoms with Crippen molar-refractivity contribution in [2.24, 2.45) is 0 Å². The zero-order chi connectivity index (χ0) is 17.9. The van der Waals surface area contributed by atoms with Crippen LogP contribution >= 0.6 is 0 Å². The summed E-state index contributed by atoms with van der Waals surface area (Å²) in [5.74, 6) is 0.753. The van der Waals surface area contributed by atoms with Gasteiger partial charge in [0.2, 0.25) is 0 Å². The highest BCUT2D eigenvalue weighted by Crippen LogP contribution is 2.32. The Bertz CT molecular complexity index is 1040. The van der Waals surface area contributed by atoms with Gasteiger partial charge in [-0.2, -0.15) is 0 Å². The highest BCUT2D eigenvalue weighted by molar-refractivity contribution is 6.00. The van der Waals surface area contributed by atoms with Gasteiger partial charge >= 0.3 is 0 Å². The molecule has 0 bridgehead atoms. The molecule has 4 aromatic rings. The highest BCUT2D eigenvalue weighted by atomic mass is 16.1. The van der Waals surface area contributed by atoms with Crippen LogP contribution in [-0.4, -0.2) is 15.3 Å². The quantitative estimate of drug-likeness (QED) is 0.466. The minimum Gasteiger partial charge on any atom is -0.293 e. The van der Waals surface area contributed by atoms with Crippen LogP contribution in [-0.2, 0) is 0 Å². The van der Waals surface area contributed by atoms with Gasteiger partial charge in [0.15, 0.2) is 5.78 Å². The third-order valence-corrected chi connectivity index (χ3v) is 4.30. The molecular formula is C23H18N2O. The van der Waals surface area contributed by atoms with Crippen molar-refractivity contribution in [3.63, 3.8) is 0 Å². The highest BCUT2D eigenvalue weighted by Gasteiger charge is 2.23. The van der Waals surface area contributed by atoms with Crippen molar-refractivity contribution in [1.29, 1.82) is 0 Å². The number of hydrogen-bond acceptors (Lipinski definition) is 2. The molecule has 0 amide bonds. The van der Waals surface area contributed by atoms with E-state index in [-0.39, 0.29) is 5.78 Å². The van der Waals surface area contributed by atoms with E-state index in [0.717, 1.165) is 22.6 Å². The maximum Gasteiger partial charge on any atom is 0.178 e. The van der Waals surface area contributed by atoms with Crippen LogP contribution < -0.4 is 0 Å². The SMILES string of the molecule is CC(=O)c1c(-c2ccccc2)nc(-c2ccccc2)n1-c1ccccc1. The second kappa shape index (κ2) is 6.81. The Morgan fingerprint density at radius 2 is 1.23 bits per heavy atom. The second-order valence-electron chi connectivity index (χ2n) is 6.09. The van der Waals surface area contributed by atoms with Gasteiger partial charge in [0.1, 0.15) is 17.2 Å². The molecule has 0 unspecified atom stereocenters. The number of Topliss-reactive ketones (excluding diaryl/α,β-unsaturated/α-hetero) is 1. The normalized spacial score (nSPS) is 10.7. The number of carbonyl (C=O) groups is 1. The minimum absolute atomic E-state index is 0.0117. The van der Waals surface area contributed by atoms with Crippen LogP contribution in [0.1, 0.15) is 17.4 Å². The van der Waals surface area contributed by atoms with E-state index >= 15 is 0 Å². The monoisotopic (exact) mass is 338 g/mol. The fourth-order valence-corrected chi connectivity index (χ4v) is 3.15. The van der Waals surface area contributed by atoms with Crippen LogP contribution in [0, 0.1) is 0 Å². The Morgan fingerprint density at radius 3 is 1.77 bits per heavy atom. The van der Waals surface area contributed by atoms with Gasteiger partial charge in [-0.15, -0.1) is 0 Å². The van der Waals surface area contributed by atoms with Crippen molar-refractivity contribution in [2.45, 2.75) is 6.92 Å². The van der Waals surface area contributed by atoms with Gasteiger partial charge in [0, 0.05) is 23.7 Å². The fraction of sp³-hybridized carbons (Fsp3) is 0.0435. The first-order chi connectivity index (χ1) is 12.8. The maximum absolute atomic E-state index is 12.6. The molecule has 0 N–H and O–H groups in total. The third-order valence-electron chi connectivity index (χ3n) is 4.30. The Labute approximate surface area is 152 Å². The number of rotatable bonds is 4. The van der Waals surface area contributed by atoms with Gasteiger partial charge in [-0.05, 0) is 12.1 Å². The van der Waals surface area contributed by atoms with Gasteiger partial charge in [-0.3, -0.25) is 9.36 Å². The zero-order valence-electron chi connectivity index (χ0n) is 14.5. The van der Waals surface area contributed by atoms with Crippen molar-refractivity contribution in [1.82, 2.24) is 9.55 Å². The largest absolute Gasteiger partial charge is 0.293 e. The van der Waals surface area contributed by atoms with Gasteiger partial charge in [0.25, 0.3) is 0 Å². The van der Waals surface area contributed by atoms with Crippen LogP contribution in [0.2, 0.25) is 0 Å². The number of nitrogens with zero attached hydrogens (tertiary/aromatic N) is 2. The molecule has 0 aliphatic carbocycles. The number of para-hydroxylation sites is 1. The van der Waals surface area contributed by atoms with E-state index in [1.165, 1.54) is 0 Å². The van der Waals surface area contributed by atoms with Gasteiger partial charge < -0.3 is 0 Å². The second-order valence-corrected chi connectivity index (χ2v) is 6.09. The molecule has 0 saturated carbocycles. The minimum atomic E-state index is -0.0117. The molecule has 0 saturated heterocycles. The molecule has 0 fully saturated rings. The van der Waals surface area contributed by atoms with E-state index in [2.05, 4.69) is 0 Å². The molecule has 0 aliphatic rings. The van der Waals surface area contributed by atoms with Crippen molar-refractivity contribution < 1.29 is 4.79 Å². The molecule has 4 rings (SSSR count). The van der Waals surface area contributed by atoms with Gasteiger partial charge in [0.05, 0.1) is 0 Å². The molecule has 1 aromatic heterocycles. The average molecular weight is 338 g/mol. The van der Waals surface area contributed by atoms with E-state index in [9.17, 15) is 4.79 Å². The molecule has 3 heteroatoms. The molecule has 126 valence electrons. The first kappa shape index (κ1) is 16.0. The molecule has 0 spiro atoms. The Balaban J connectivity index is 2.07. The summed E-state index contributed by atoms with van der Waals surface area (Å²) in [6.07, 6.45) is 0. The molecular weight excluding hydrogens is 320 g/mol. The van der Waals surface area contributed by atoms with Crippen molar-refractivity contribution >= 4 is 5.78 Å². The Morgan fingerprint density at radius 1 is 0.731 bits per heavy atom. The number of hydrogen-bond donors (Lipinski definition) is 0. The van der Waals surface area contributed by atoms with Crippen LogP contribution in [0.5, 0.6) is 0 Å². The van der Waals surface area contributed by atoms with Crippen LogP contribution in [0.15, 0.2) is 91.0 Å². The Kier molecular flexibility index (Phi) is 4.20. The summed E-state index contributed by atoms with van der Waals surface area (Å²) in [7, 11) is 0. The number of imidazole rings is 1. The predicted molar refractivity (Wildman–Crippen MR) is 104 cm³/mol. The molecule has 0 aliphatic heterocycles. The lowest BCUT2D eigenvalue weighted by atomic mass is 10.1. The van der Waals surface area contributed by atoms with Crippen molar-refractivity contribution in [2.75, 3.05) is 0 Å². The summed E-state index contributed by atoms with van der Waals surface area (Å²) >= 11 is 0. The molecule has 0 radical (unpaired) electrons. The summed E-state index contributed by atoms with van der Waals surface area (Å²) < 4.78 is 1.96. The third kappa shape index (κ3) is 2.84. The topological polar surface area (TPSA) is 34.9 Å². The van der Waals surface area contributed by atoms with E-state index in [1.807, 2.05) is 95.6 Å². The summed E-state index contributed by atoms with van der Waals surface area (Å²) in [6, 6.07) is 29.7. The summed E-state index contributed by atoms with van der Waals surface area (Å²) in [4.78, 5) is 17.5. The van der Waals surface area contributed by atoms with Crippen LogP contribution in [0.3, 0.4) is 0 Å². The zero-order valence-corrected chi connectivity index (χ0v) is 14.5. The maximum atomic E-state index is 12.6. The molecule has 3 aromatic carbocycles. The van der Waals surface area contributed by atoms with E-state index in [0.29, 0.717) is 11.4 Å². The number of ketones is 1. The van der Waals surface area contributed by atoms with Crippen LogP contribution in [0.25, 0.3) is 28.3 Å². The molecule has 26 heavy (non-hydrogen) atoms.